The second kappa shape index (κ2) is 6.85. The van der Waals surface area contributed by atoms with E-state index in [9.17, 15) is 13.6 Å². The third-order valence-corrected chi connectivity index (χ3v) is 3.54. The number of hydrogen-bond acceptors (Lipinski definition) is 3. The van der Waals surface area contributed by atoms with E-state index in [1.807, 2.05) is 0 Å². The molecule has 0 aliphatic carbocycles. The number of halogens is 2. The maximum absolute atomic E-state index is 12.3. The van der Waals surface area contributed by atoms with E-state index in [4.69, 9.17) is 0 Å². The first-order valence-electron chi connectivity index (χ1n) is 6.57. The average Bonchev–Trinajstić information content (AvgIpc) is 2.81. The van der Waals surface area contributed by atoms with Crippen LogP contribution < -0.4 is 0 Å². The number of aldehydes is 1. The van der Waals surface area contributed by atoms with E-state index in [-0.39, 0.29) is 0 Å². The van der Waals surface area contributed by atoms with E-state index in [1.165, 1.54) is 0 Å². The molecule has 1 aromatic carbocycles. The van der Waals surface area contributed by atoms with Gasteiger partial charge in [0.25, 0.3) is 5.76 Å². The third-order valence-electron chi connectivity index (χ3n) is 2.82. The highest BCUT2D eigenvalue weighted by molar-refractivity contribution is 7.99. The Morgan fingerprint density at radius 1 is 1.29 bits per heavy atom. The van der Waals surface area contributed by atoms with E-state index in [2.05, 4.69) is 18.9 Å². The van der Waals surface area contributed by atoms with E-state index in [0.29, 0.717) is 33.8 Å². The van der Waals surface area contributed by atoms with Gasteiger partial charge in [0.05, 0.1) is 5.56 Å². The monoisotopic (exact) mass is 310 g/mol. The maximum Gasteiger partial charge on any atom is 0.288 e. The Balaban J connectivity index is 2.28. The van der Waals surface area contributed by atoms with Crippen molar-refractivity contribution in [1.82, 2.24) is 9.78 Å². The Bertz CT molecular complexity index is 609. The van der Waals surface area contributed by atoms with E-state index < -0.39 is 5.76 Å². The summed E-state index contributed by atoms with van der Waals surface area (Å²) in [4.78, 5) is 11.6. The first kappa shape index (κ1) is 15.7. The van der Waals surface area contributed by atoms with Gasteiger partial charge in [-0.2, -0.15) is 13.9 Å². The predicted octanol–water partition coefficient (Wildman–Crippen LogP) is 4.33. The summed E-state index contributed by atoms with van der Waals surface area (Å²) in [6, 6.07) is 6.64. The summed E-state index contributed by atoms with van der Waals surface area (Å²) in [5, 5.41) is 4.41. The molecule has 2 aromatic rings. The van der Waals surface area contributed by atoms with Gasteiger partial charge in [-0.25, -0.2) is 0 Å². The lowest BCUT2D eigenvalue weighted by Crippen LogP contribution is -2.04. The molecule has 21 heavy (non-hydrogen) atoms. The number of hydrogen-bond donors (Lipinski definition) is 0. The lowest BCUT2D eigenvalue weighted by atomic mass is 10.1. The molecule has 6 heteroatoms. The van der Waals surface area contributed by atoms with E-state index in [0.717, 1.165) is 18.4 Å². The molecule has 0 bridgehead atoms. The number of benzene rings is 1. The molecule has 2 rings (SSSR count). The number of nitrogens with zero attached hydrogens (tertiary/aromatic N) is 2. The molecular weight excluding hydrogens is 294 g/mol. The number of thioether (sulfide) groups is 1. The van der Waals surface area contributed by atoms with E-state index >= 15 is 0 Å². The van der Waals surface area contributed by atoms with Crippen LogP contribution in [0.4, 0.5) is 8.78 Å². The van der Waals surface area contributed by atoms with Crippen molar-refractivity contribution in [3.8, 4) is 11.3 Å². The number of carbonyl (C=O) groups is 1. The van der Waals surface area contributed by atoms with Crippen molar-refractivity contribution in [2.45, 2.75) is 31.0 Å². The van der Waals surface area contributed by atoms with Gasteiger partial charge in [0.15, 0.2) is 6.29 Å². The summed E-state index contributed by atoms with van der Waals surface area (Å²) in [5.41, 5.74) is 1.84. The summed E-state index contributed by atoms with van der Waals surface area (Å²) >= 11 is 0.497. The smallest absolute Gasteiger partial charge is 0.288 e. The third kappa shape index (κ3) is 4.14. The summed E-state index contributed by atoms with van der Waals surface area (Å²) in [6.45, 7) is 4.86. The highest BCUT2D eigenvalue weighted by atomic mass is 32.2. The second-order valence-corrected chi connectivity index (χ2v) is 6.13. The normalized spacial score (nSPS) is 11.3. The molecule has 0 N–H and O–H groups in total. The van der Waals surface area contributed by atoms with Crippen LogP contribution in [0.3, 0.4) is 0 Å². The second-order valence-electron chi connectivity index (χ2n) is 5.07. The van der Waals surface area contributed by atoms with Gasteiger partial charge in [-0.1, -0.05) is 37.7 Å². The molecule has 0 saturated heterocycles. The zero-order valence-electron chi connectivity index (χ0n) is 11.8. The van der Waals surface area contributed by atoms with Crippen LogP contribution >= 0.6 is 11.8 Å². The molecule has 0 aliphatic heterocycles. The molecule has 112 valence electrons. The summed E-state index contributed by atoms with van der Waals surface area (Å²) in [6.07, 6.45) is 2.48. The minimum atomic E-state index is -2.44. The summed E-state index contributed by atoms with van der Waals surface area (Å²) in [7, 11) is 0. The Labute approximate surface area is 126 Å². The van der Waals surface area contributed by atoms with Crippen molar-refractivity contribution in [3.63, 3.8) is 0 Å². The van der Waals surface area contributed by atoms with Gasteiger partial charge in [0, 0.05) is 23.2 Å². The SMILES string of the molecule is CC(C)Cn1cc(C=O)c(-c2ccc(SC(F)F)cc2)n1. The first-order chi connectivity index (χ1) is 9.99. The largest absolute Gasteiger partial charge is 0.298 e. The molecule has 1 aromatic heterocycles. The van der Waals surface area contributed by atoms with Gasteiger partial charge in [-0.15, -0.1) is 0 Å². The van der Waals surface area contributed by atoms with Crippen LogP contribution in [0.5, 0.6) is 0 Å². The lowest BCUT2D eigenvalue weighted by Gasteiger charge is -2.04. The molecule has 0 aliphatic rings. The topological polar surface area (TPSA) is 34.9 Å². The van der Waals surface area contributed by atoms with Crippen LogP contribution in [0, 0.1) is 5.92 Å². The standard InChI is InChI=1S/C15H16F2N2OS/c1-10(2)7-19-8-12(9-20)14(18-19)11-3-5-13(6-4-11)21-15(16)17/h3-6,8-10,15H,7H2,1-2H3. The molecule has 0 atom stereocenters. The zero-order valence-corrected chi connectivity index (χ0v) is 12.6. The molecule has 1 heterocycles. The van der Waals surface area contributed by atoms with E-state index in [1.54, 1.807) is 35.1 Å². The average molecular weight is 310 g/mol. The minimum absolute atomic E-state index is 0.419. The van der Waals surface area contributed by atoms with Crippen molar-refractivity contribution < 1.29 is 13.6 Å². The zero-order chi connectivity index (χ0) is 15.4. The van der Waals surface area contributed by atoms with Crippen molar-refractivity contribution in [2.75, 3.05) is 0 Å². The van der Waals surface area contributed by atoms with Gasteiger partial charge in [0.1, 0.15) is 5.69 Å². The van der Waals surface area contributed by atoms with Gasteiger partial charge < -0.3 is 0 Å². The fourth-order valence-electron chi connectivity index (χ4n) is 2.01. The van der Waals surface area contributed by atoms with Crippen LogP contribution in [-0.4, -0.2) is 21.8 Å². The quantitative estimate of drug-likeness (QED) is 0.588. The van der Waals surface area contributed by atoms with Crippen LogP contribution in [-0.2, 0) is 6.54 Å². The predicted molar refractivity (Wildman–Crippen MR) is 79.7 cm³/mol. The van der Waals surface area contributed by atoms with Crippen LogP contribution in [0.25, 0.3) is 11.3 Å². The van der Waals surface area contributed by atoms with Crippen molar-refractivity contribution >= 4 is 18.0 Å². The fraction of sp³-hybridized carbons (Fsp3) is 0.333. The maximum atomic E-state index is 12.3. The Kier molecular flexibility index (Phi) is 5.12. The highest BCUT2D eigenvalue weighted by Crippen LogP contribution is 2.28. The summed E-state index contributed by atoms with van der Waals surface area (Å²) < 4.78 is 26.3. The van der Waals surface area contributed by atoms with Crippen molar-refractivity contribution in [1.29, 1.82) is 0 Å². The number of alkyl halides is 2. The minimum Gasteiger partial charge on any atom is -0.298 e. The molecule has 3 nitrogen and oxygen atoms in total. The molecule has 0 spiro atoms. The highest BCUT2D eigenvalue weighted by Gasteiger charge is 2.12. The molecular formula is C15H16F2N2OS. The van der Waals surface area contributed by atoms with Crippen LogP contribution in [0.1, 0.15) is 24.2 Å². The summed E-state index contributed by atoms with van der Waals surface area (Å²) in [5.74, 6) is -2.02. The molecule has 0 radical (unpaired) electrons. The van der Waals surface area contributed by atoms with Crippen molar-refractivity contribution in [3.05, 3.63) is 36.0 Å². The van der Waals surface area contributed by atoms with Crippen LogP contribution in [0.15, 0.2) is 35.4 Å². The Hall–Kier alpha value is -1.69. The first-order valence-corrected chi connectivity index (χ1v) is 7.45. The molecule has 0 fully saturated rings. The Morgan fingerprint density at radius 3 is 2.48 bits per heavy atom. The Morgan fingerprint density at radius 2 is 1.95 bits per heavy atom. The van der Waals surface area contributed by atoms with Gasteiger partial charge in [-0.05, 0) is 18.1 Å². The number of carbonyl (C=O) groups excluding carboxylic acids is 1. The molecule has 0 unspecified atom stereocenters. The number of rotatable bonds is 6. The number of aromatic nitrogens is 2. The fourth-order valence-corrected chi connectivity index (χ4v) is 2.51. The van der Waals surface area contributed by atoms with Gasteiger partial charge in [0.2, 0.25) is 0 Å². The lowest BCUT2D eigenvalue weighted by molar-refractivity contribution is 0.112. The van der Waals surface area contributed by atoms with Gasteiger partial charge in [-0.3, -0.25) is 9.48 Å². The van der Waals surface area contributed by atoms with Crippen LogP contribution in [0.2, 0.25) is 0 Å². The molecule has 0 amide bonds. The molecule has 0 saturated carbocycles. The van der Waals surface area contributed by atoms with Gasteiger partial charge >= 0.3 is 0 Å². The van der Waals surface area contributed by atoms with Crippen molar-refractivity contribution in [2.24, 2.45) is 5.92 Å².